The molecule has 1 aliphatic rings. The summed E-state index contributed by atoms with van der Waals surface area (Å²) in [6, 6.07) is 12.4. The Balaban J connectivity index is 2.15. The number of benzene rings is 2. The topological polar surface area (TPSA) is 89.9 Å². The average Bonchev–Trinajstić information content (AvgIpc) is 2.73. The average molecular weight is 318 g/mol. The Morgan fingerprint density at radius 1 is 1.09 bits per heavy atom. The van der Waals surface area contributed by atoms with E-state index < -0.39 is 16.1 Å². The number of phenols is 1. The summed E-state index contributed by atoms with van der Waals surface area (Å²) in [5.41, 5.74) is 2.79. The zero-order valence-corrected chi connectivity index (χ0v) is 12.5. The van der Waals surface area contributed by atoms with Crippen molar-refractivity contribution in [3.63, 3.8) is 0 Å². The van der Waals surface area contributed by atoms with E-state index in [4.69, 9.17) is 0 Å². The number of aryl methyl sites for hydroxylation is 1. The molecule has 1 aliphatic heterocycles. The second-order valence-electron chi connectivity index (χ2n) is 4.94. The van der Waals surface area contributed by atoms with Gasteiger partial charge in [-0.3, -0.25) is 0 Å². The first-order valence-corrected chi connectivity index (χ1v) is 7.94. The first-order valence-electron chi connectivity index (χ1n) is 6.50. The second kappa shape index (κ2) is 4.96. The Bertz CT molecular complexity index is 875. The molecule has 1 heterocycles. The number of nitrogens with zero attached hydrogens (tertiary/aromatic N) is 1. The van der Waals surface area contributed by atoms with Crippen LogP contribution in [-0.4, -0.2) is 18.6 Å². The van der Waals surface area contributed by atoms with Gasteiger partial charge in [0.05, 0.1) is 6.20 Å². The normalized spacial score (nSPS) is 16.2. The molecular weight excluding hydrogens is 304 g/mol. The van der Waals surface area contributed by atoms with Gasteiger partial charge >= 0.3 is 10.2 Å². The fraction of sp³-hybridized carbons (Fsp3) is 0.0667. The first kappa shape index (κ1) is 14.3. The van der Waals surface area contributed by atoms with Crippen LogP contribution < -0.4 is 9.03 Å². The van der Waals surface area contributed by atoms with E-state index in [1.54, 1.807) is 12.1 Å². The number of aliphatic hydroxyl groups is 1. The van der Waals surface area contributed by atoms with E-state index in [1.165, 1.54) is 6.07 Å². The molecule has 0 saturated carbocycles. The van der Waals surface area contributed by atoms with Gasteiger partial charge in [-0.15, -0.1) is 0 Å². The van der Waals surface area contributed by atoms with Crippen LogP contribution in [0.25, 0.3) is 11.1 Å². The summed E-state index contributed by atoms with van der Waals surface area (Å²) in [6.45, 7) is 1.95. The Labute approximate surface area is 128 Å². The van der Waals surface area contributed by atoms with Gasteiger partial charge < -0.3 is 10.2 Å². The van der Waals surface area contributed by atoms with Crippen molar-refractivity contribution >= 4 is 15.9 Å². The summed E-state index contributed by atoms with van der Waals surface area (Å²) in [4.78, 5) is 0. The molecule has 2 aromatic carbocycles. The Morgan fingerprint density at radius 2 is 1.82 bits per heavy atom. The summed E-state index contributed by atoms with van der Waals surface area (Å²) < 4.78 is 26.6. The number of nitrogens with one attached hydrogen (secondary N) is 1. The molecule has 0 aromatic heterocycles. The fourth-order valence-electron chi connectivity index (χ4n) is 2.35. The van der Waals surface area contributed by atoms with E-state index >= 15 is 0 Å². The molecular formula is C15H14N2O4S. The predicted octanol–water partition coefficient (Wildman–Crippen LogP) is 2.38. The monoisotopic (exact) mass is 318 g/mol. The maximum atomic E-state index is 11.9. The Kier molecular flexibility index (Phi) is 3.22. The summed E-state index contributed by atoms with van der Waals surface area (Å²) in [5.74, 6) is -0.700. The minimum Gasteiger partial charge on any atom is -0.506 e. The SMILES string of the molecule is Cc1ccccc1-c1ccc(O)c(N2C=C(O)NS2(=O)=O)c1. The molecule has 0 aliphatic carbocycles. The minimum absolute atomic E-state index is 0.0669. The largest absolute Gasteiger partial charge is 0.506 e. The van der Waals surface area contributed by atoms with Gasteiger partial charge in [0.15, 0.2) is 0 Å². The molecule has 22 heavy (non-hydrogen) atoms. The summed E-state index contributed by atoms with van der Waals surface area (Å²) in [7, 11) is -3.94. The molecule has 0 atom stereocenters. The molecule has 0 saturated heterocycles. The predicted molar refractivity (Wildman–Crippen MR) is 83.5 cm³/mol. The highest BCUT2D eigenvalue weighted by molar-refractivity contribution is 7.91. The van der Waals surface area contributed by atoms with Crippen molar-refractivity contribution in [2.45, 2.75) is 6.92 Å². The molecule has 6 nitrogen and oxygen atoms in total. The molecule has 0 spiro atoms. The minimum atomic E-state index is -3.94. The standard InChI is InChI=1S/C15H14N2O4S/c1-10-4-2-3-5-12(10)11-6-7-14(18)13(8-11)17-9-15(19)16-22(17,20)21/h2-9,16,18-19H,1H3. The third-order valence-corrected chi connectivity index (χ3v) is 4.69. The van der Waals surface area contributed by atoms with Gasteiger partial charge in [-0.05, 0) is 35.7 Å². The third kappa shape index (κ3) is 2.35. The van der Waals surface area contributed by atoms with Gasteiger partial charge in [-0.1, -0.05) is 30.3 Å². The van der Waals surface area contributed by atoms with Gasteiger partial charge in [0.2, 0.25) is 5.88 Å². The zero-order chi connectivity index (χ0) is 15.9. The van der Waals surface area contributed by atoms with E-state index in [2.05, 4.69) is 0 Å². The molecule has 0 amide bonds. The molecule has 0 fully saturated rings. The molecule has 3 rings (SSSR count). The van der Waals surface area contributed by atoms with Crippen molar-refractivity contribution in [1.82, 2.24) is 4.72 Å². The molecule has 3 N–H and O–H groups in total. The van der Waals surface area contributed by atoms with Gasteiger partial charge in [0.1, 0.15) is 11.4 Å². The fourth-order valence-corrected chi connectivity index (χ4v) is 3.41. The van der Waals surface area contributed by atoms with E-state index in [0.717, 1.165) is 27.2 Å². The first-order chi connectivity index (χ1) is 10.4. The number of phenolic OH excluding ortho intramolecular Hbond substituents is 1. The van der Waals surface area contributed by atoms with Crippen molar-refractivity contribution in [3.8, 4) is 16.9 Å². The molecule has 114 valence electrons. The highest BCUT2D eigenvalue weighted by Gasteiger charge is 2.30. The summed E-state index contributed by atoms with van der Waals surface area (Å²) >= 11 is 0. The van der Waals surface area contributed by atoms with Crippen molar-refractivity contribution in [2.24, 2.45) is 0 Å². The number of aliphatic hydroxyl groups excluding tert-OH is 1. The molecule has 0 bridgehead atoms. The number of hydrogen-bond acceptors (Lipinski definition) is 4. The maximum absolute atomic E-state index is 11.9. The Hall–Kier alpha value is -2.67. The third-order valence-electron chi connectivity index (χ3n) is 3.40. The van der Waals surface area contributed by atoms with Gasteiger partial charge in [0.25, 0.3) is 0 Å². The van der Waals surface area contributed by atoms with E-state index in [9.17, 15) is 18.6 Å². The van der Waals surface area contributed by atoms with Crippen molar-refractivity contribution in [1.29, 1.82) is 0 Å². The lowest BCUT2D eigenvalue weighted by Crippen LogP contribution is -2.29. The van der Waals surface area contributed by atoms with E-state index in [-0.39, 0.29) is 11.4 Å². The van der Waals surface area contributed by atoms with Crippen LogP contribution in [0.5, 0.6) is 5.75 Å². The summed E-state index contributed by atoms with van der Waals surface area (Å²) in [5, 5.41) is 19.4. The Morgan fingerprint density at radius 3 is 2.45 bits per heavy atom. The number of anilines is 1. The van der Waals surface area contributed by atoms with Crippen LogP contribution in [0.1, 0.15) is 5.56 Å². The lowest BCUT2D eigenvalue weighted by atomic mass is 10.00. The number of rotatable bonds is 2. The van der Waals surface area contributed by atoms with Crippen LogP contribution in [-0.2, 0) is 10.2 Å². The van der Waals surface area contributed by atoms with Crippen molar-refractivity contribution < 1.29 is 18.6 Å². The molecule has 7 heteroatoms. The summed E-state index contributed by atoms with van der Waals surface area (Å²) in [6.07, 6.45) is 1.01. The van der Waals surface area contributed by atoms with E-state index in [0.29, 0.717) is 0 Å². The van der Waals surface area contributed by atoms with Gasteiger partial charge in [0, 0.05) is 0 Å². The van der Waals surface area contributed by atoms with Crippen molar-refractivity contribution in [2.75, 3.05) is 4.31 Å². The number of hydrogen-bond donors (Lipinski definition) is 3. The van der Waals surface area contributed by atoms with Crippen LogP contribution >= 0.6 is 0 Å². The van der Waals surface area contributed by atoms with E-state index in [1.807, 2.05) is 35.9 Å². The van der Waals surface area contributed by atoms with Gasteiger partial charge in [-0.25, -0.2) is 9.03 Å². The van der Waals surface area contributed by atoms with Crippen LogP contribution in [0.3, 0.4) is 0 Å². The maximum Gasteiger partial charge on any atom is 0.330 e. The van der Waals surface area contributed by atoms with Crippen LogP contribution in [0.4, 0.5) is 5.69 Å². The van der Waals surface area contributed by atoms with Crippen LogP contribution in [0.15, 0.2) is 54.5 Å². The zero-order valence-electron chi connectivity index (χ0n) is 11.7. The highest BCUT2D eigenvalue weighted by atomic mass is 32.2. The van der Waals surface area contributed by atoms with Crippen molar-refractivity contribution in [3.05, 3.63) is 60.1 Å². The molecule has 0 unspecified atom stereocenters. The quantitative estimate of drug-likeness (QED) is 0.793. The van der Waals surface area contributed by atoms with Crippen LogP contribution in [0, 0.1) is 6.92 Å². The lowest BCUT2D eigenvalue weighted by molar-refractivity contribution is 0.392. The lowest BCUT2D eigenvalue weighted by Gasteiger charge is -2.17. The highest BCUT2D eigenvalue weighted by Crippen LogP contribution is 2.36. The van der Waals surface area contributed by atoms with Gasteiger partial charge in [-0.2, -0.15) is 8.42 Å². The molecule has 2 aromatic rings. The molecule has 0 radical (unpaired) electrons. The second-order valence-corrected chi connectivity index (χ2v) is 6.48. The number of aromatic hydroxyl groups is 1. The smallest absolute Gasteiger partial charge is 0.330 e. The van der Waals surface area contributed by atoms with Crippen LogP contribution in [0.2, 0.25) is 0 Å².